The fourth-order valence-electron chi connectivity index (χ4n) is 2.09. The largest absolute Gasteiger partial charge is 0.376 e. The first-order valence-electron chi connectivity index (χ1n) is 5.84. The van der Waals surface area contributed by atoms with E-state index in [1.165, 1.54) is 0 Å². The van der Waals surface area contributed by atoms with E-state index < -0.39 is 0 Å². The Bertz CT molecular complexity index is 344. The molecule has 0 aromatic carbocycles. The number of hydrogen-bond acceptors (Lipinski definition) is 4. The maximum absolute atomic E-state index is 6.18. The van der Waals surface area contributed by atoms with Gasteiger partial charge in [-0.15, -0.1) is 0 Å². The molecule has 2 atom stereocenters. The van der Waals surface area contributed by atoms with E-state index >= 15 is 0 Å². The number of rotatable bonds is 4. The van der Waals surface area contributed by atoms with Gasteiger partial charge in [0.15, 0.2) is 0 Å². The van der Waals surface area contributed by atoms with Gasteiger partial charge in [0, 0.05) is 7.05 Å². The van der Waals surface area contributed by atoms with Crippen molar-refractivity contribution in [2.24, 2.45) is 7.05 Å². The Morgan fingerprint density at radius 3 is 3.00 bits per heavy atom. The monoisotopic (exact) mass is 259 g/mol. The highest BCUT2D eigenvalue weighted by Gasteiger charge is 2.29. The molecule has 96 valence electrons. The highest BCUT2D eigenvalue weighted by atomic mass is 35.5. The highest BCUT2D eigenvalue weighted by Crippen LogP contribution is 2.27. The summed E-state index contributed by atoms with van der Waals surface area (Å²) in [5.41, 5.74) is 0.948. The van der Waals surface area contributed by atoms with Crippen LogP contribution < -0.4 is 5.32 Å². The summed E-state index contributed by atoms with van der Waals surface area (Å²) in [5, 5.41) is 8.21. The van der Waals surface area contributed by atoms with Crippen LogP contribution in [0.5, 0.6) is 0 Å². The molecule has 1 fully saturated rings. The van der Waals surface area contributed by atoms with E-state index in [4.69, 9.17) is 21.1 Å². The van der Waals surface area contributed by atoms with Crippen LogP contribution in [0, 0.1) is 0 Å². The summed E-state index contributed by atoms with van der Waals surface area (Å²) in [4.78, 5) is 0. The number of ether oxygens (including phenoxy) is 2. The summed E-state index contributed by atoms with van der Waals surface area (Å²) in [6.07, 6.45) is 1.64. The second-order valence-corrected chi connectivity index (χ2v) is 4.43. The first kappa shape index (κ1) is 12.8. The summed E-state index contributed by atoms with van der Waals surface area (Å²) < 4.78 is 13.0. The van der Waals surface area contributed by atoms with E-state index in [9.17, 15) is 0 Å². The number of hydrogen-bond donors (Lipinski definition) is 1. The van der Waals surface area contributed by atoms with Gasteiger partial charge in [0.1, 0.15) is 6.10 Å². The molecule has 1 aliphatic rings. The van der Waals surface area contributed by atoms with Gasteiger partial charge in [0.25, 0.3) is 0 Å². The van der Waals surface area contributed by atoms with Crippen molar-refractivity contribution in [2.45, 2.75) is 19.1 Å². The molecule has 1 N–H and O–H groups in total. The smallest absolute Gasteiger partial charge is 0.102 e. The fraction of sp³-hybridized carbons (Fsp3) is 0.727. The van der Waals surface area contributed by atoms with Gasteiger partial charge < -0.3 is 14.8 Å². The van der Waals surface area contributed by atoms with Gasteiger partial charge in [0.05, 0.1) is 42.8 Å². The minimum atomic E-state index is -0.0170. The molecule has 1 aromatic rings. The van der Waals surface area contributed by atoms with Gasteiger partial charge in [-0.2, -0.15) is 5.10 Å². The lowest BCUT2D eigenvalue weighted by Gasteiger charge is -2.31. The van der Waals surface area contributed by atoms with Gasteiger partial charge in [-0.3, -0.25) is 4.68 Å². The fourth-order valence-corrected chi connectivity index (χ4v) is 2.38. The van der Waals surface area contributed by atoms with Crippen molar-refractivity contribution >= 4 is 11.6 Å². The third kappa shape index (κ3) is 2.80. The quantitative estimate of drug-likeness (QED) is 0.881. The molecule has 1 aliphatic heterocycles. The first-order chi connectivity index (χ1) is 8.24. The van der Waals surface area contributed by atoms with E-state index in [2.05, 4.69) is 17.3 Å². The van der Waals surface area contributed by atoms with Crippen molar-refractivity contribution < 1.29 is 9.47 Å². The predicted octanol–water partition coefficient (Wildman–Crippen LogP) is 1.14. The van der Waals surface area contributed by atoms with Crippen LogP contribution in [0.15, 0.2) is 6.20 Å². The molecule has 0 bridgehead atoms. The third-order valence-corrected chi connectivity index (χ3v) is 3.16. The van der Waals surface area contributed by atoms with Crippen LogP contribution in [0.3, 0.4) is 0 Å². The number of halogens is 1. The Kier molecular flexibility index (Phi) is 4.39. The molecular weight excluding hydrogens is 242 g/mol. The van der Waals surface area contributed by atoms with Crippen LogP contribution in [0.2, 0.25) is 5.02 Å². The minimum absolute atomic E-state index is 0.0142. The lowest BCUT2D eigenvalue weighted by molar-refractivity contribution is -0.103. The second-order valence-electron chi connectivity index (χ2n) is 4.02. The minimum Gasteiger partial charge on any atom is -0.376 e. The molecule has 17 heavy (non-hydrogen) atoms. The van der Waals surface area contributed by atoms with Gasteiger partial charge in [-0.1, -0.05) is 18.5 Å². The van der Waals surface area contributed by atoms with E-state index in [0.717, 1.165) is 12.2 Å². The lowest BCUT2D eigenvalue weighted by Crippen LogP contribution is -2.41. The number of nitrogens with zero attached hydrogens (tertiary/aromatic N) is 2. The van der Waals surface area contributed by atoms with Crippen LogP contribution >= 0.6 is 11.6 Å². The molecular formula is C11H18ClN3O2. The van der Waals surface area contributed by atoms with Crippen molar-refractivity contribution in [3.63, 3.8) is 0 Å². The molecule has 1 aromatic heterocycles. The van der Waals surface area contributed by atoms with Gasteiger partial charge >= 0.3 is 0 Å². The van der Waals surface area contributed by atoms with Crippen molar-refractivity contribution in [1.29, 1.82) is 0 Å². The van der Waals surface area contributed by atoms with Crippen molar-refractivity contribution in [1.82, 2.24) is 15.1 Å². The Hall–Kier alpha value is -0.620. The molecule has 1 saturated heterocycles. The van der Waals surface area contributed by atoms with E-state index in [1.807, 2.05) is 7.05 Å². The Morgan fingerprint density at radius 1 is 1.65 bits per heavy atom. The van der Waals surface area contributed by atoms with Gasteiger partial charge in [0.2, 0.25) is 0 Å². The zero-order valence-corrected chi connectivity index (χ0v) is 10.9. The number of nitrogens with one attached hydrogen (secondary N) is 1. The van der Waals surface area contributed by atoms with Crippen LogP contribution in [0.4, 0.5) is 0 Å². The molecule has 5 nitrogen and oxygen atoms in total. The maximum Gasteiger partial charge on any atom is 0.102 e. The highest BCUT2D eigenvalue weighted by molar-refractivity contribution is 6.31. The number of likely N-dealkylation sites (N-methyl/N-ethyl adjacent to an activating group) is 1. The zero-order chi connectivity index (χ0) is 12.3. The Morgan fingerprint density at radius 2 is 2.47 bits per heavy atom. The van der Waals surface area contributed by atoms with Crippen LogP contribution in [-0.4, -0.2) is 42.2 Å². The average molecular weight is 260 g/mol. The summed E-state index contributed by atoms with van der Waals surface area (Å²) in [5.74, 6) is 0. The third-order valence-electron chi connectivity index (χ3n) is 2.87. The van der Waals surface area contributed by atoms with Crippen molar-refractivity contribution in [2.75, 3.05) is 26.4 Å². The maximum atomic E-state index is 6.18. The van der Waals surface area contributed by atoms with Crippen molar-refractivity contribution in [3.05, 3.63) is 16.9 Å². The Balaban J connectivity index is 2.21. The topological polar surface area (TPSA) is 48.3 Å². The standard InChI is InChI=1S/C11H18ClN3O2/c1-3-13-10(9-7-16-4-5-17-9)11-8(12)6-14-15(11)2/h6,9-10,13H,3-5,7H2,1-2H3. The second kappa shape index (κ2) is 5.82. The zero-order valence-electron chi connectivity index (χ0n) is 10.1. The lowest BCUT2D eigenvalue weighted by atomic mass is 10.1. The van der Waals surface area contributed by atoms with E-state index in [0.29, 0.717) is 24.8 Å². The first-order valence-corrected chi connectivity index (χ1v) is 6.22. The molecule has 2 rings (SSSR count). The molecule has 0 radical (unpaired) electrons. The number of aromatic nitrogens is 2. The molecule has 6 heteroatoms. The summed E-state index contributed by atoms with van der Waals surface area (Å²) >= 11 is 6.18. The molecule has 2 heterocycles. The van der Waals surface area contributed by atoms with E-state index in [1.54, 1.807) is 10.9 Å². The Labute approximate surface area is 106 Å². The molecule has 0 amide bonds. The van der Waals surface area contributed by atoms with Crippen LogP contribution in [0.1, 0.15) is 18.7 Å². The SMILES string of the molecule is CCNC(c1c(Cl)cnn1C)C1COCCO1. The summed E-state index contributed by atoms with van der Waals surface area (Å²) in [6.45, 7) is 4.77. The summed E-state index contributed by atoms with van der Waals surface area (Å²) in [7, 11) is 1.88. The normalized spacial score (nSPS) is 22.6. The van der Waals surface area contributed by atoms with Crippen LogP contribution in [-0.2, 0) is 16.5 Å². The molecule has 2 unspecified atom stereocenters. The van der Waals surface area contributed by atoms with Crippen LogP contribution in [0.25, 0.3) is 0 Å². The molecule has 0 saturated carbocycles. The van der Waals surface area contributed by atoms with Gasteiger partial charge in [-0.05, 0) is 6.54 Å². The molecule has 0 spiro atoms. The van der Waals surface area contributed by atoms with Gasteiger partial charge in [-0.25, -0.2) is 0 Å². The average Bonchev–Trinajstić information content (AvgIpc) is 2.68. The van der Waals surface area contributed by atoms with Crippen molar-refractivity contribution in [3.8, 4) is 0 Å². The molecule has 0 aliphatic carbocycles. The summed E-state index contributed by atoms with van der Waals surface area (Å²) in [6, 6.07) is 0.0142. The number of aryl methyl sites for hydroxylation is 1. The predicted molar refractivity (Wildman–Crippen MR) is 65.2 cm³/mol. The van der Waals surface area contributed by atoms with E-state index in [-0.39, 0.29) is 12.1 Å².